The van der Waals surface area contributed by atoms with Crippen molar-refractivity contribution in [3.05, 3.63) is 24.3 Å². The average Bonchev–Trinajstić information content (AvgIpc) is 2.39. The van der Waals surface area contributed by atoms with Crippen LogP contribution >= 0.6 is 0 Å². The van der Waals surface area contributed by atoms with Crippen LogP contribution in [0.5, 0.6) is 5.75 Å². The molecule has 1 fully saturated rings. The first kappa shape index (κ1) is 12.7. The quantitative estimate of drug-likeness (QED) is 0.872. The van der Waals surface area contributed by atoms with Gasteiger partial charge in [0.1, 0.15) is 5.75 Å². The van der Waals surface area contributed by atoms with E-state index in [1.165, 1.54) is 0 Å². The average molecular weight is 250 g/mol. The molecule has 1 aliphatic rings. The zero-order valence-electron chi connectivity index (χ0n) is 10.7. The summed E-state index contributed by atoms with van der Waals surface area (Å²) < 4.78 is 10.5. The lowest BCUT2D eigenvalue weighted by atomic mass is 10.3. The van der Waals surface area contributed by atoms with Gasteiger partial charge in [0.2, 0.25) is 0 Å². The van der Waals surface area contributed by atoms with Gasteiger partial charge in [0.25, 0.3) is 0 Å². The number of hydrogen-bond acceptors (Lipinski definition) is 3. The van der Waals surface area contributed by atoms with Crippen LogP contribution in [0.25, 0.3) is 0 Å². The van der Waals surface area contributed by atoms with Crippen LogP contribution in [-0.4, -0.2) is 43.8 Å². The van der Waals surface area contributed by atoms with Gasteiger partial charge in [-0.2, -0.15) is 0 Å². The maximum atomic E-state index is 12.0. The summed E-state index contributed by atoms with van der Waals surface area (Å²) >= 11 is 0. The summed E-state index contributed by atoms with van der Waals surface area (Å²) in [5, 5.41) is 2.86. The molecule has 0 spiro atoms. The number of nitrogens with one attached hydrogen (secondary N) is 1. The third kappa shape index (κ3) is 3.13. The standard InChI is InChI=1S/C13H18N2O3/c1-10-9-15(7-8-18-10)13(16)14-11-3-5-12(17-2)6-4-11/h3-6,10H,7-9H2,1-2H3,(H,14,16). The normalized spacial score (nSPS) is 19.4. The van der Waals surface area contributed by atoms with Crippen LogP contribution in [0.3, 0.4) is 0 Å². The number of anilines is 1. The van der Waals surface area contributed by atoms with Crippen molar-refractivity contribution in [3.8, 4) is 5.75 Å². The molecule has 5 nitrogen and oxygen atoms in total. The van der Waals surface area contributed by atoms with E-state index in [2.05, 4.69) is 5.32 Å². The van der Waals surface area contributed by atoms with Crippen molar-refractivity contribution in [1.29, 1.82) is 0 Å². The Kier molecular flexibility index (Phi) is 4.04. The van der Waals surface area contributed by atoms with Gasteiger partial charge in [-0.15, -0.1) is 0 Å². The van der Waals surface area contributed by atoms with Gasteiger partial charge in [0, 0.05) is 18.8 Å². The third-order valence-electron chi connectivity index (χ3n) is 2.87. The first-order chi connectivity index (χ1) is 8.69. The van der Waals surface area contributed by atoms with Gasteiger partial charge in [-0.1, -0.05) is 0 Å². The second-order valence-corrected chi connectivity index (χ2v) is 4.29. The predicted molar refractivity (Wildman–Crippen MR) is 69.0 cm³/mol. The molecule has 1 unspecified atom stereocenters. The van der Waals surface area contributed by atoms with Crippen molar-refractivity contribution in [1.82, 2.24) is 4.90 Å². The van der Waals surface area contributed by atoms with Crippen LogP contribution in [-0.2, 0) is 4.74 Å². The predicted octanol–water partition coefficient (Wildman–Crippen LogP) is 1.95. The minimum absolute atomic E-state index is 0.0877. The van der Waals surface area contributed by atoms with Gasteiger partial charge in [-0.05, 0) is 31.2 Å². The molecule has 1 aromatic rings. The summed E-state index contributed by atoms with van der Waals surface area (Å²) in [5.74, 6) is 0.771. The molecule has 1 aliphatic heterocycles. The van der Waals surface area contributed by atoms with E-state index in [0.717, 1.165) is 11.4 Å². The largest absolute Gasteiger partial charge is 0.497 e. The molecule has 0 saturated carbocycles. The molecule has 0 aliphatic carbocycles. The fourth-order valence-electron chi connectivity index (χ4n) is 1.88. The lowest BCUT2D eigenvalue weighted by Gasteiger charge is -2.31. The number of methoxy groups -OCH3 is 1. The molecule has 0 aromatic heterocycles. The maximum Gasteiger partial charge on any atom is 0.322 e. The van der Waals surface area contributed by atoms with E-state index in [1.54, 1.807) is 12.0 Å². The Morgan fingerprint density at radius 2 is 2.17 bits per heavy atom. The van der Waals surface area contributed by atoms with Crippen molar-refractivity contribution in [2.24, 2.45) is 0 Å². The van der Waals surface area contributed by atoms with Gasteiger partial charge < -0.3 is 19.7 Å². The van der Waals surface area contributed by atoms with Crippen LogP contribution in [0.4, 0.5) is 10.5 Å². The first-order valence-corrected chi connectivity index (χ1v) is 6.00. The molecular formula is C13H18N2O3. The zero-order chi connectivity index (χ0) is 13.0. The van der Waals surface area contributed by atoms with Crippen molar-refractivity contribution < 1.29 is 14.3 Å². The number of morpholine rings is 1. The fraction of sp³-hybridized carbons (Fsp3) is 0.462. The number of ether oxygens (including phenoxy) is 2. The number of amides is 2. The van der Waals surface area contributed by atoms with E-state index >= 15 is 0 Å². The van der Waals surface area contributed by atoms with Gasteiger partial charge in [0.05, 0.1) is 19.8 Å². The zero-order valence-corrected chi connectivity index (χ0v) is 10.7. The SMILES string of the molecule is COc1ccc(NC(=O)N2CCOC(C)C2)cc1. The second-order valence-electron chi connectivity index (χ2n) is 4.29. The summed E-state index contributed by atoms with van der Waals surface area (Å²) in [6.07, 6.45) is 0.0976. The van der Waals surface area contributed by atoms with E-state index < -0.39 is 0 Å². The number of carbonyl (C=O) groups excluding carboxylic acids is 1. The second kappa shape index (κ2) is 5.73. The highest BCUT2D eigenvalue weighted by atomic mass is 16.5. The van der Waals surface area contributed by atoms with Crippen molar-refractivity contribution in [3.63, 3.8) is 0 Å². The molecular weight excluding hydrogens is 232 g/mol. The molecule has 1 heterocycles. The summed E-state index contributed by atoms with van der Waals surface area (Å²) in [6.45, 7) is 3.82. The number of urea groups is 1. The summed E-state index contributed by atoms with van der Waals surface area (Å²) in [6, 6.07) is 7.19. The molecule has 2 rings (SSSR count). The molecule has 2 amide bonds. The Bertz CT molecular complexity index is 405. The van der Waals surface area contributed by atoms with Crippen molar-refractivity contribution >= 4 is 11.7 Å². The van der Waals surface area contributed by atoms with Gasteiger partial charge >= 0.3 is 6.03 Å². The number of benzene rings is 1. The highest BCUT2D eigenvalue weighted by molar-refractivity contribution is 5.89. The Morgan fingerprint density at radius 3 is 2.78 bits per heavy atom. The van der Waals surface area contributed by atoms with E-state index in [1.807, 2.05) is 31.2 Å². The molecule has 1 saturated heterocycles. The number of rotatable bonds is 2. The van der Waals surface area contributed by atoms with Crippen LogP contribution < -0.4 is 10.1 Å². The maximum absolute atomic E-state index is 12.0. The van der Waals surface area contributed by atoms with E-state index in [4.69, 9.17) is 9.47 Å². The van der Waals surface area contributed by atoms with Crippen molar-refractivity contribution in [2.45, 2.75) is 13.0 Å². The molecule has 0 bridgehead atoms. The highest BCUT2D eigenvalue weighted by Crippen LogP contribution is 2.16. The number of nitrogens with zero attached hydrogens (tertiary/aromatic N) is 1. The molecule has 1 N–H and O–H groups in total. The topological polar surface area (TPSA) is 50.8 Å². The van der Waals surface area contributed by atoms with Crippen LogP contribution in [0, 0.1) is 0 Å². The molecule has 18 heavy (non-hydrogen) atoms. The van der Waals surface area contributed by atoms with Gasteiger partial charge in [-0.3, -0.25) is 0 Å². The Morgan fingerprint density at radius 1 is 1.44 bits per heavy atom. The van der Waals surface area contributed by atoms with Gasteiger partial charge in [0.15, 0.2) is 0 Å². The van der Waals surface area contributed by atoms with Crippen LogP contribution in [0.1, 0.15) is 6.92 Å². The lowest BCUT2D eigenvalue weighted by molar-refractivity contribution is -0.00138. The Labute approximate surface area is 107 Å². The molecule has 98 valence electrons. The Balaban J connectivity index is 1.93. The molecule has 0 radical (unpaired) electrons. The monoisotopic (exact) mass is 250 g/mol. The minimum atomic E-state index is -0.0877. The number of carbonyl (C=O) groups is 1. The molecule has 5 heteroatoms. The lowest BCUT2D eigenvalue weighted by Crippen LogP contribution is -2.46. The van der Waals surface area contributed by atoms with Crippen molar-refractivity contribution in [2.75, 3.05) is 32.1 Å². The Hall–Kier alpha value is -1.75. The van der Waals surface area contributed by atoms with E-state index in [9.17, 15) is 4.79 Å². The highest BCUT2D eigenvalue weighted by Gasteiger charge is 2.21. The summed E-state index contributed by atoms with van der Waals surface area (Å²) in [4.78, 5) is 13.8. The summed E-state index contributed by atoms with van der Waals surface area (Å²) in [5.41, 5.74) is 0.764. The summed E-state index contributed by atoms with van der Waals surface area (Å²) in [7, 11) is 1.61. The van der Waals surface area contributed by atoms with Crippen LogP contribution in [0.15, 0.2) is 24.3 Å². The van der Waals surface area contributed by atoms with Gasteiger partial charge in [-0.25, -0.2) is 4.79 Å². The fourth-order valence-corrected chi connectivity index (χ4v) is 1.88. The first-order valence-electron chi connectivity index (χ1n) is 6.00. The van der Waals surface area contributed by atoms with E-state index in [-0.39, 0.29) is 12.1 Å². The molecule has 1 atom stereocenters. The number of hydrogen-bond donors (Lipinski definition) is 1. The third-order valence-corrected chi connectivity index (χ3v) is 2.87. The van der Waals surface area contributed by atoms with E-state index in [0.29, 0.717) is 19.7 Å². The minimum Gasteiger partial charge on any atom is -0.497 e. The molecule has 1 aromatic carbocycles. The van der Waals surface area contributed by atoms with Crippen LogP contribution in [0.2, 0.25) is 0 Å². The smallest absolute Gasteiger partial charge is 0.322 e.